The van der Waals surface area contributed by atoms with Gasteiger partial charge in [0, 0.05) is 25.0 Å². The summed E-state index contributed by atoms with van der Waals surface area (Å²) in [7, 11) is 0. The molecule has 2 amide bonds. The van der Waals surface area contributed by atoms with Gasteiger partial charge in [-0.2, -0.15) is 0 Å². The van der Waals surface area contributed by atoms with Crippen molar-refractivity contribution >= 4 is 35.2 Å². The third-order valence-electron chi connectivity index (χ3n) is 3.48. The molecule has 0 heterocycles. The van der Waals surface area contributed by atoms with Crippen LogP contribution in [0.1, 0.15) is 23.3 Å². The molecule has 0 bridgehead atoms. The predicted molar refractivity (Wildman–Crippen MR) is 104 cm³/mol. The minimum absolute atomic E-state index is 0.0507. The quantitative estimate of drug-likeness (QED) is 0.694. The van der Waals surface area contributed by atoms with Gasteiger partial charge in [-0.3, -0.25) is 9.59 Å². The van der Waals surface area contributed by atoms with Crippen LogP contribution in [0.5, 0.6) is 0 Å². The van der Waals surface area contributed by atoms with E-state index in [0.717, 1.165) is 11.1 Å². The Balaban J connectivity index is 1.96. The Labute approximate surface area is 157 Å². The van der Waals surface area contributed by atoms with E-state index in [1.165, 1.54) is 6.92 Å². The molecule has 1 unspecified atom stereocenters. The fourth-order valence-electron chi connectivity index (χ4n) is 2.30. The van der Waals surface area contributed by atoms with Gasteiger partial charge < -0.3 is 10.6 Å². The zero-order chi connectivity index (χ0) is 18.1. The van der Waals surface area contributed by atoms with E-state index in [2.05, 4.69) is 22.8 Å². The first-order valence-electron chi connectivity index (χ1n) is 7.99. The molecule has 0 aliphatic carbocycles. The monoisotopic (exact) mass is 376 g/mol. The van der Waals surface area contributed by atoms with Crippen LogP contribution in [0.3, 0.4) is 0 Å². The highest BCUT2D eigenvalue weighted by Gasteiger charge is 2.16. The highest BCUT2D eigenvalue weighted by Crippen LogP contribution is 2.35. The molecule has 0 aliphatic heterocycles. The van der Waals surface area contributed by atoms with Gasteiger partial charge in [-0.05, 0) is 23.3 Å². The molecule has 2 aromatic rings. The number of carbonyl (C=O) groups is 2. The molecule has 4 nitrogen and oxygen atoms in total. The van der Waals surface area contributed by atoms with Crippen LogP contribution in [0.4, 0.5) is 0 Å². The largest absolute Gasteiger partial charge is 0.355 e. The molecule has 0 aromatic heterocycles. The van der Waals surface area contributed by atoms with Gasteiger partial charge in [-0.25, -0.2) is 0 Å². The molecule has 0 fully saturated rings. The first kappa shape index (κ1) is 19.3. The van der Waals surface area contributed by atoms with E-state index >= 15 is 0 Å². The van der Waals surface area contributed by atoms with Crippen LogP contribution in [-0.4, -0.2) is 30.7 Å². The summed E-state index contributed by atoms with van der Waals surface area (Å²) in [5.41, 5.74) is 2.24. The van der Waals surface area contributed by atoms with Crippen LogP contribution in [0.15, 0.2) is 54.6 Å². The van der Waals surface area contributed by atoms with E-state index in [1.807, 2.05) is 42.5 Å². The van der Waals surface area contributed by atoms with Gasteiger partial charge >= 0.3 is 0 Å². The van der Waals surface area contributed by atoms with Crippen LogP contribution in [0.25, 0.3) is 0 Å². The average Bonchev–Trinajstić information content (AvgIpc) is 2.61. The number of nitrogens with one attached hydrogen (secondary N) is 2. The van der Waals surface area contributed by atoms with Gasteiger partial charge in [0.15, 0.2) is 0 Å². The molecule has 132 valence electrons. The summed E-state index contributed by atoms with van der Waals surface area (Å²) in [6, 6.07) is 17.8. The molecular formula is C19H21ClN2O2S. The van der Waals surface area contributed by atoms with Gasteiger partial charge in [0.1, 0.15) is 0 Å². The molecule has 0 spiro atoms. The maximum absolute atomic E-state index is 12.0. The van der Waals surface area contributed by atoms with E-state index in [4.69, 9.17) is 11.6 Å². The van der Waals surface area contributed by atoms with Crippen molar-refractivity contribution in [3.05, 3.63) is 70.7 Å². The lowest BCUT2D eigenvalue weighted by Gasteiger charge is -2.18. The second kappa shape index (κ2) is 10.1. The maximum Gasteiger partial charge on any atom is 0.230 e. The molecule has 2 aromatic carbocycles. The van der Waals surface area contributed by atoms with Gasteiger partial charge in [-0.1, -0.05) is 54.1 Å². The summed E-state index contributed by atoms with van der Waals surface area (Å²) in [4.78, 5) is 22.8. The summed E-state index contributed by atoms with van der Waals surface area (Å²) in [5.74, 6) is 0.183. The van der Waals surface area contributed by atoms with Gasteiger partial charge in [0.25, 0.3) is 0 Å². The Hall–Kier alpha value is -1.98. The second-order valence-corrected chi connectivity index (χ2v) is 7.02. The fraction of sp³-hybridized carbons (Fsp3) is 0.263. The number of carbonyl (C=O) groups excluding carboxylic acids is 2. The summed E-state index contributed by atoms with van der Waals surface area (Å²) in [6.07, 6.45) is 0. The van der Waals surface area contributed by atoms with Crippen molar-refractivity contribution in [2.75, 3.05) is 18.8 Å². The van der Waals surface area contributed by atoms with Crippen molar-refractivity contribution in [2.24, 2.45) is 0 Å². The molecule has 2 rings (SSSR count). The van der Waals surface area contributed by atoms with Crippen LogP contribution in [0, 0.1) is 0 Å². The number of benzene rings is 2. The van der Waals surface area contributed by atoms with Crippen molar-refractivity contribution in [1.82, 2.24) is 10.6 Å². The minimum atomic E-state index is -0.101. The number of hydrogen-bond donors (Lipinski definition) is 2. The smallest absolute Gasteiger partial charge is 0.230 e. The minimum Gasteiger partial charge on any atom is -0.355 e. The third kappa shape index (κ3) is 6.80. The fourth-order valence-corrected chi connectivity index (χ4v) is 3.55. The third-order valence-corrected chi connectivity index (χ3v) is 5.04. The van der Waals surface area contributed by atoms with Gasteiger partial charge in [0.05, 0.1) is 11.0 Å². The topological polar surface area (TPSA) is 58.2 Å². The normalized spacial score (nSPS) is 11.6. The molecular weight excluding hydrogens is 356 g/mol. The average molecular weight is 377 g/mol. The SMILES string of the molecule is CC(=O)NCCNC(=O)CSC(c1ccccc1)c1ccc(Cl)cc1. The Morgan fingerprint density at radius 3 is 2.20 bits per heavy atom. The standard InChI is InChI=1S/C19H21ClN2O2S/c1-14(23)21-11-12-22-18(24)13-25-19(15-5-3-2-4-6-15)16-7-9-17(20)10-8-16/h2-10,19H,11-13H2,1H3,(H,21,23)(H,22,24). The lowest BCUT2D eigenvalue weighted by Crippen LogP contribution is -2.34. The summed E-state index contributed by atoms with van der Waals surface area (Å²) < 4.78 is 0. The van der Waals surface area contributed by atoms with Crippen molar-refractivity contribution in [3.63, 3.8) is 0 Å². The van der Waals surface area contributed by atoms with E-state index in [1.54, 1.807) is 11.8 Å². The summed E-state index contributed by atoms with van der Waals surface area (Å²) >= 11 is 7.55. The highest BCUT2D eigenvalue weighted by atomic mass is 35.5. The number of amides is 2. The first-order valence-corrected chi connectivity index (χ1v) is 9.42. The molecule has 0 aliphatic rings. The second-order valence-electron chi connectivity index (χ2n) is 5.49. The zero-order valence-corrected chi connectivity index (χ0v) is 15.6. The van der Waals surface area contributed by atoms with Crippen molar-refractivity contribution in [3.8, 4) is 0 Å². The first-order chi connectivity index (χ1) is 12.1. The Kier molecular flexibility index (Phi) is 7.82. The number of hydrogen-bond acceptors (Lipinski definition) is 3. The lowest BCUT2D eigenvalue weighted by atomic mass is 10.0. The summed E-state index contributed by atoms with van der Waals surface area (Å²) in [6.45, 7) is 2.31. The van der Waals surface area contributed by atoms with Gasteiger partial charge in [0.2, 0.25) is 11.8 Å². The number of rotatable bonds is 8. The predicted octanol–water partition coefficient (Wildman–Crippen LogP) is 3.41. The summed E-state index contributed by atoms with van der Waals surface area (Å²) in [5, 5.41) is 6.21. The highest BCUT2D eigenvalue weighted by molar-refractivity contribution is 8.00. The van der Waals surface area contributed by atoms with Crippen molar-refractivity contribution in [1.29, 1.82) is 0 Å². The van der Waals surface area contributed by atoms with E-state index in [0.29, 0.717) is 23.9 Å². The number of halogens is 1. The van der Waals surface area contributed by atoms with Gasteiger partial charge in [-0.15, -0.1) is 11.8 Å². The zero-order valence-electron chi connectivity index (χ0n) is 14.0. The molecule has 1 atom stereocenters. The van der Waals surface area contributed by atoms with E-state index in [-0.39, 0.29) is 17.1 Å². The Morgan fingerprint density at radius 2 is 1.56 bits per heavy atom. The van der Waals surface area contributed by atoms with Crippen LogP contribution in [0.2, 0.25) is 5.02 Å². The molecule has 2 N–H and O–H groups in total. The molecule has 0 saturated carbocycles. The molecule has 25 heavy (non-hydrogen) atoms. The van der Waals surface area contributed by atoms with Crippen LogP contribution >= 0.6 is 23.4 Å². The van der Waals surface area contributed by atoms with Crippen molar-refractivity contribution in [2.45, 2.75) is 12.2 Å². The van der Waals surface area contributed by atoms with Crippen molar-refractivity contribution < 1.29 is 9.59 Å². The molecule has 0 radical (unpaired) electrons. The molecule has 6 heteroatoms. The van der Waals surface area contributed by atoms with Crippen LogP contribution < -0.4 is 10.6 Å². The Morgan fingerprint density at radius 1 is 0.960 bits per heavy atom. The number of thioether (sulfide) groups is 1. The van der Waals surface area contributed by atoms with Crippen LogP contribution in [-0.2, 0) is 9.59 Å². The van der Waals surface area contributed by atoms with E-state index < -0.39 is 0 Å². The maximum atomic E-state index is 12.0. The Bertz CT molecular complexity index is 692. The van der Waals surface area contributed by atoms with E-state index in [9.17, 15) is 9.59 Å². The lowest BCUT2D eigenvalue weighted by molar-refractivity contribution is -0.120. The molecule has 0 saturated heterocycles.